The van der Waals surface area contributed by atoms with Gasteiger partial charge >= 0.3 is 0 Å². The van der Waals surface area contributed by atoms with Crippen LogP contribution < -0.4 is 4.74 Å². The lowest BCUT2D eigenvalue weighted by Crippen LogP contribution is -2.31. The fourth-order valence-corrected chi connectivity index (χ4v) is 5.13. The zero-order chi connectivity index (χ0) is 18.8. The van der Waals surface area contributed by atoms with Crippen LogP contribution in [0.15, 0.2) is 58.6 Å². The third kappa shape index (κ3) is 3.89. The molecular formula is C17H20N2O5S2. The van der Waals surface area contributed by atoms with Crippen LogP contribution >= 0.6 is 0 Å². The number of aromatic nitrogens is 1. The molecule has 2 aromatic rings. The van der Waals surface area contributed by atoms with Crippen LogP contribution in [-0.4, -0.2) is 51.1 Å². The van der Waals surface area contributed by atoms with Gasteiger partial charge in [0.25, 0.3) is 0 Å². The van der Waals surface area contributed by atoms with Crippen molar-refractivity contribution in [1.82, 2.24) is 9.29 Å². The predicted molar refractivity (Wildman–Crippen MR) is 96.2 cm³/mol. The molecule has 0 saturated carbocycles. The minimum atomic E-state index is -3.69. The van der Waals surface area contributed by atoms with Crippen LogP contribution in [0.5, 0.6) is 5.75 Å². The topological polar surface area (TPSA) is 93.6 Å². The first-order valence-electron chi connectivity index (χ1n) is 8.22. The maximum absolute atomic E-state index is 12.8. The summed E-state index contributed by atoms with van der Waals surface area (Å²) in [6.45, 7) is 2.14. The molecule has 26 heavy (non-hydrogen) atoms. The molecule has 1 aliphatic heterocycles. The van der Waals surface area contributed by atoms with Gasteiger partial charge in [-0.2, -0.15) is 4.31 Å². The van der Waals surface area contributed by atoms with Crippen molar-refractivity contribution in [2.75, 3.05) is 18.8 Å². The predicted octanol–water partition coefficient (Wildman–Crippen LogP) is 1.72. The minimum absolute atomic E-state index is 0.0292. The molecule has 1 atom stereocenters. The van der Waals surface area contributed by atoms with Gasteiger partial charge in [0.05, 0.1) is 28.3 Å². The SMILES string of the molecule is CCS(=O)(=O)c1ccc(S(=O)(=O)N2CC[C@H](Oc3cccnc3)C2)cc1. The summed E-state index contributed by atoms with van der Waals surface area (Å²) < 4.78 is 56.4. The van der Waals surface area contributed by atoms with Crippen molar-refractivity contribution in [3.63, 3.8) is 0 Å². The van der Waals surface area contributed by atoms with Gasteiger partial charge < -0.3 is 4.74 Å². The molecule has 1 saturated heterocycles. The molecule has 0 unspecified atom stereocenters. The summed E-state index contributed by atoms with van der Waals surface area (Å²) in [5.41, 5.74) is 0. The lowest BCUT2D eigenvalue weighted by atomic mass is 10.3. The van der Waals surface area contributed by atoms with E-state index in [4.69, 9.17) is 4.74 Å². The fraction of sp³-hybridized carbons (Fsp3) is 0.353. The molecule has 1 aromatic heterocycles. The zero-order valence-corrected chi connectivity index (χ0v) is 15.9. The molecule has 3 rings (SSSR count). The van der Waals surface area contributed by atoms with E-state index in [0.717, 1.165) is 0 Å². The number of sulfonamides is 1. The highest BCUT2D eigenvalue weighted by Gasteiger charge is 2.33. The highest BCUT2D eigenvalue weighted by molar-refractivity contribution is 7.91. The molecule has 7 nitrogen and oxygen atoms in total. The van der Waals surface area contributed by atoms with E-state index in [1.807, 2.05) is 0 Å². The van der Waals surface area contributed by atoms with E-state index in [9.17, 15) is 16.8 Å². The Bertz CT molecular complexity index is 958. The first kappa shape index (κ1) is 18.8. The fourth-order valence-electron chi connectivity index (χ4n) is 2.76. The number of benzene rings is 1. The number of pyridine rings is 1. The molecule has 0 N–H and O–H groups in total. The highest BCUT2D eigenvalue weighted by Crippen LogP contribution is 2.25. The van der Waals surface area contributed by atoms with Crippen LogP contribution in [0.1, 0.15) is 13.3 Å². The summed E-state index contributed by atoms with van der Waals surface area (Å²) in [7, 11) is -7.05. The number of hydrogen-bond donors (Lipinski definition) is 0. The van der Waals surface area contributed by atoms with E-state index in [0.29, 0.717) is 18.7 Å². The second kappa shape index (κ2) is 7.34. The van der Waals surface area contributed by atoms with E-state index < -0.39 is 19.9 Å². The average molecular weight is 396 g/mol. The molecule has 140 valence electrons. The molecule has 0 bridgehead atoms. The summed E-state index contributed by atoms with van der Waals surface area (Å²) in [6.07, 6.45) is 3.56. The van der Waals surface area contributed by atoms with E-state index in [-0.39, 0.29) is 28.2 Å². The second-order valence-corrected chi connectivity index (χ2v) is 10.2. The number of rotatable bonds is 6. The molecule has 2 heterocycles. The molecule has 1 aliphatic rings. The van der Waals surface area contributed by atoms with Crippen LogP contribution in [0.25, 0.3) is 0 Å². The van der Waals surface area contributed by atoms with Crippen LogP contribution in [-0.2, 0) is 19.9 Å². The van der Waals surface area contributed by atoms with Crippen LogP contribution in [0, 0.1) is 0 Å². The number of sulfone groups is 1. The Morgan fingerprint density at radius 2 is 1.81 bits per heavy atom. The largest absolute Gasteiger partial charge is 0.487 e. The first-order chi connectivity index (χ1) is 12.3. The molecule has 9 heteroatoms. The Labute approximate surface area is 153 Å². The first-order valence-corrected chi connectivity index (χ1v) is 11.3. The number of ether oxygens (including phenoxy) is 1. The quantitative estimate of drug-likeness (QED) is 0.738. The normalized spacial score (nSPS) is 18.7. The van der Waals surface area contributed by atoms with Crippen molar-refractivity contribution >= 4 is 19.9 Å². The van der Waals surface area contributed by atoms with Gasteiger partial charge in [-0.25, -0.2) is 16.8 Å². The summed E-state index contributed by atoms with van der Waals surface area (Å²) >= 11 is 0. The number of nitrogens with zero attached hydrogens (tertiary/aromatic N) is 2. The Balaban J connectivity index is 1.73. The van der Waals surface area contributed by atoms with Gasteiger partial charge in [0.2, 0.25) is 10.0 Å². The summed E-state index contributed by atoms with van der Waals surface area (Å²) in [5, 5.41) is 0. The lowest BCUT2D eigenvalue weighted by molar-refractivity contribution is 0.214. The van der Waals surface area contributed by atoms with Crippen LogP contribution in [0.4, 0.5) is 0 Å². The third-order valence-corrected chi connectivity index (χ3v) is 7.88. The Kier molecular flexibility index (Phi) is 5.31. The van der Waals surface area contributed by atoms with Crippen molar-refractivity contribution in [3.8, 4) is 5.75 Å². The van der Waals surface area contributed by atoms with Crippen molar-refractivity contribution in [2.24, 2.45) is 0 Å². The zero-order valence-electron chi connectivity index (χ0n) is 14.3. The van der Waals surface area contributed by atoms with Crippen LogP contribution in [0.2, 0.25) is 0 Å². The Morgan fingerprint density at radius 3 is 2.42 bits per heavy atom. The molecule has 0 aliphatic carbocycles. The van der Waals surface area contributed by atoms with Crippen molar-refractivity contribution < 1.29 is 21.6 Å². The average Bonchev–Trinajstić information content (AvgIpc) is 3.12. The second-order valence-electron chi connectivity index (χ2n) is 5.96. The lowest BCUT2D eigenvalue weighted by Gasteiger charge is -2.17. The monoisotopic (exact) mass is 396 g/mol. The van der Waals surface area contributed by atoms with Crippen molar-refractivity contribution in [3.05, 3.63) is 48.8 Å². The van der Waals surface area contributed by atoms with E-state index in [1.54, 1.807) is 31.5 Å². The summed E-state index contributed by atoms with van der Waals surface area (Å²) in [5.74, 6) is 0.573. The van der Waals surface area contributed by atoms with Crippen LogP contribution in [0.3, 0.4) is 0 Å². The molecule has 0 spiro atoms. The van der Waals surface area contributed by atoms with Gasteiger partial charge in [-0.15, -0.1) is 0 Å². The Morgan fingerprint density at radius 1 is 1.12 bits per heavy atom. The standard InChI is InChI=1S/C17H20N2O5S2/c1-2-25(20,21)16-5-7-17(8-6-16)26(22,23)19-11-9-15(13-19)24-14-4-3-10-18-12-14/h3-8,10,12,15H,2,9,11,13H2,1H3/t15-/m0/s1. The van der Waals surface area contributed by atoms with Gasteiger partial charge in [0.15, 0.2) is 9.84 Å². The van der Waals surface area contributed by atoms with Gasteiger partial charge in [0.1, 0.15) is 11.9 Å². The molecule has 1 fully saturated rings. The summed E-state index contributed by atoms with van der Waals surface area (Å²) in [4.78, 5) is 4.17. The van der Waals surface area contributed by atoms with Gasteiger partial charge in [-0.3, -0.25) is 4.98 Å². The Hall–Kier alpha value is -1.97. The summed E-state index contributed by atoms with van der Waals surface area (Å²) in [6, 6.07) is 8.89. The third-order valence-electron chi connectivity index (χ3n) is 4.25. The van der Waals surface area contributed by atoms with E-state index in [2.05, 4.69) is 4.98 Å². The minimum Gasteiger partial charge on any atom is -0.487 e. The van der Waals surface area contributed by atoms with Gasteiger partial charge in [-0.1, -0.05) is 6.92 Å². The molecule has 0 radical (unpaired) electrons. The van der Waals surface area contributed by atoms with E-state index >= 15 is 0 Å². The maximum Gasteiger partial charge on any atom is 0.243 e. The number of hydrogen-bond acceptors (Lipinski definition) is 6. The molecule has 1 aromatic carbocycles. The maximum atomic E-state index is 12.8. The van der Waals surface area contributed by atoms with Gasteiger partial charge in [0, 0.05) is 12.7 Å². The smallest absolute Gasteiger partial charge is 0.243 e. The highest BCUT2D eigenvalue weighted by atomic mass is 32.2. The molecule has 0 amide bonds. The van der Waals surface area contributed by atoms with Crippen molar-refractivity contribution in [2.45, 2.75) is 29.2 Å². The van der Waals surface area contributed by atoms with Gasteiger partial charge in [-0.05, 0) is 42.8 Å². The molecular weight excluding hydrogens is 376 g/mol. The van der Waals surface area contributed by atoms with E-state index in [1.165, 1.54) is 28.6 Å². The van der Waals surface area contributed by atoms with Crippen molar-refractivity contribution in [1.29, 1.82) is 0 Å².